The summed E-state index contributed by atoms with van der Waals surface area (Å²) < 4.78 is 18.9. The van der Waals surface area contributed by atoms with Gasteiger partial charge in [-0.3, -0.25) is 9.69 Å². The van der Waals surface area contributed by atoms with Crippen molar-refractivity contribution in [1.29, 1.82) is 0 Å². The minimum absolute atomic E-state index is 0.00755. The van der Waals surface area contributed by atoms with Crippen molar-refractivity contribution in [2.24, 2.45) is 0 Å². The van der Waals surface area contributed by atoms with Crippen LogP contribution in [-0.2, 0) is 17.9 Å². The van der Waals surface area contributed by atoms with E-state index in [0.717, 1.165) is 25.2 Å². The fourth-order valence-corrected chi connectivity index (χ4v) is 3.87. The highest BCUT2D eigenvalue weighted by Gasteiger charge is 2.32. The summed E-state index contributed by atoms with van der Waals surface area (Å²) in [5.74, 6) is 0.498. The molecule has 2 aromatic carbocycles. The van der Waals surface area contributed by atoms with Crippen LogP contribution in [0.15, 0.2) is 48.5 Å². The van der Waals surface area contributed by atoms with Crippen LogP contribution in [0.1, 0.15) is 25.0 Å². The van der Waals surface area contributed by atoms with Crippen molar-refractivity contribution in [3.63, 3.8) is 0 Å². The van der Waals surface area contributed by atoms with E-state index in [2.05, 4.69) is 23.6 Å². The molecular formula is C24H32FN3O2. The standard InChI is InChI=1S/C24H32FN3O2/c1-18-14-28(19(2)13-27(18)16-21-5-9-22(25)10-6-21)24(29)17-30-23-11-7-20(8-12-23)15-26(3)4/h5-12,18-19H,13-17H2,1-4H3/t18-,19+/m1/s1. The fourth-order valence-electron chi connectivity index (χ4n) is 3.87. The van der Waals surface area contributed by atoms with Gasteiger partial charge >= 0.3 is 0 Å². The molecule has 0 N–H and O–H groups in total. The normalized spacial score (nSPS) is 19.9. The summed E-state index contributed by atoms with van der Waals surface area (Å²) in [7, 11) is 4.06. The SMILES string of the molecule is C[C@@H]1CN(C(=O)COc2ccc(CN(C)C)cc2)[C@@H](C)CN1Cc1ccc(F)cc1. The molecule has 1 heterocycles. The molecule has 5 nitrogen and oxygen atoms in total. The lowest BCUT2D eigenvalue weighted by Gasteiger charge is -2.44. The number of hydrogen-bond donors (Lipinski definition) is 0. The third-order valence-electron chi connectivity index (χ3n) is 5.52. The van der Waals surface area contributed by atoms with E-state index in [1.54, 1.807) is 0 Å². The molecule has 1 aliphatic rings. The molecule has 1 fully saturated rings. The Morgan fingerprint density at radius 3 is 2.27 bits per heavy atom. The number of hydrogen-bond acceptors (Lipinski definition) is 4. The maximum Gasteiger partial charge on any atom is 0.260 e. The number of benzene rings is 2. The van der Waals surface area contributed by atoms with Crippen LogP contribution in [0.4, 0.5) is 4.39 Å². The maximum absolute atomic E-state index is 13.1. The average Bonchev–Trinajstić information content (AvgIpc) is 2.71. The van der Waals surface area contributed by atoms with Gasteiger partial charge in [-0.1, -0.05) is 24.3 Å². The van der Waals surface area contributed by atoms with Crippen LogP contribution in [0.2, 0.25) is 0 Å². The van der Waals surface area contributed by atoms with Gasteiger partial charge in [-0.25, -0.2) is 4.39 Å². The maximum atomic E-state index is 13.1. The first-order valence-electron chi connectivity index (χ1n) is 10.5. The zero-order chi connectivity index (χ0) is 21.7. The van der Waals surface area contributed by atoms with Gasteiger partial charge in [0.05, 0.1) is 0 Å². The van der Waals surface area contributed by atoms with E-state index in [9.17, 15) is 9.18 Å². The molecule has 1 aliphatic heterocycles. The Hall–Kier alpha value is -2.44. The molecule has 2 aromatic rings. The number of nitrogens with zero attached hydrogens (tertiary/aromatic N) is 3. The van der Waals surface area contributed by atoms with Crippen molar-refractivity contribution in [3.05, 3.63) is 65.5 Å². The summed E-state index contributed by atoms with van der Waals surface area (Å²) in [5, 5.41) is 0. The van der Waals surface area contributed by atoms with Crippen molar-refractivity contribution >= 4 is 5.91 Å². The molecule has 0 bridgehead atoms. The molecule has 0 spiro atoms. The largest absolute Gasteiger partial charge is 0.484 e. The number of halogens is 1. The second-order valence-electron chi connectivity index (χ2n) is 8.47. The van der Waals surface area contributed by atoms with Crippen LogP contribution in [0, 0.1) is 5.82 Å². The molecule has 30 heavy (non-hydrogen) atoms. The minimum Gasteiger partial charge on any atom is -0.484 e. The predicted molar refractivity (Wildman–Crippen MR) is 117 cm³/mol. The molecule has 0 aromatic heterocycles. The van der Waals surface area contributed by atoms with Crippen molar-refractivity contribution in [2.75, 3.05) is 33.8 Å². The van der Waals surface area contributed by atoms with E-state index in [1.807, 2.05) is 55.4 Å². The van der Waals surface area contributed by atoms with Gasteiger partial charge < -0.3 is 14.5 Å². The fraction of sp³-hybridized carbons (Fsp3) is 0.458. The molecule has 1 amide bonds. The molecule has 2 atom stereocenters. The number of piperazine rings is 1. The van der Waals surface area contributed by atoms with E-state index in [1.165, 1.54) is 17.7 Å². The Kier molecular flexibility index (Phi) is 7.45. The summed E-state index contributed by atoms with van der Waals surface area (Å²) in [4.78, 5) is 19.1. The van der Waals surface area contributed by atoms with Crippen LogP contribution in [0.3, 0.4) is 0 Å². The number of rotatable bonds is 7. The molecule has 6 heteroatoms. The molecule has 0 saturated carbocycles. The number of carbonyl (C=O) groups is 1. The highest BCUT2D eigenvalue weighted by Crippen LogP contribution is 2.19. The summed E-state index contributed by atoms with van der Waals surface area (Å²) in [5.41, 5.74) is 2.29. The summed E-state index contributed by atoms with van der Waals surface area (Å²) >= 11 is 0. The quantitative estimate of drug-likeness (QED) is 0.697. The number of ether oxygens (including phenoxy) is 1. The number of carbonyl (C=O) groups excluding carboxylic acids is 1. The van der Waals surface area contributed by atoms with Gasteiger partial charge in [0.15, 0.2) is 6.61 Å². The second-order valence-corrected chi connectivity index (χ2v) is 8.47. The van der Waals surface area contributed by atoms with Gasteiger partial charge in [0.25, 0.3) is 5.91 Å². The first-order valence-corrected chi connectivity index (χ1v) is 10.5. The van der Waals surface area contributed by atoms with Crippen LogP contribution in [0.5, 0.6) is 5.75 Å². The lowest BCUT2D eigenvalue weighted by atomic mass is 10.1. The molecular weight excluding hydrogens is 381 g/mol. The van der Waals surface area contributed by atoms with Crippen LogP contribution < -0.4 is 4.74 Å². The van der Waals surface area contributed by atoms with Crippen molar-refractivity contribution in [2.45, 2.75) is 39.0 Å². The zero-order valence-corrected chi connectivity index (χ0v) is 18.3. The topological polar surface area (TPSA) is 36.0 Å². The zero-order valence-electron chi connectivity index (χ0n) is 18.3. The van der Waals surface area contributed by atoms with Crippen LogP contribution >= 0.6 is 0 Å². The average molecular weight is 414 g/mol. The second kappa shape index (κ2) is 10.0. The van der Waals surface area contributed by atoms with E-state index in [-0.39, 0.29) is 30.4 Å². The van der Waals surface area contributed by atoms with E-state index >= 15 is 0 Å². The van der Waals surface area contributed by atoms with Gasteiger partial charge in [-0.05, 0) is 63.3 Å². The van der Waals surface area contributed by atoms with Crippen molar-refractivity contribution in [3.8, 4) is 5.75 Å². The lowest BCUT2D eigenvalue weighted by Crippen LogP contribution is -2.58. The smallest absolute Gasteiger partial charge is 0.260 e. The molecule has 0 radical (unpaired) electrons. The Labute approximate surface area is 179 Å². The Morgan fingerprint density at radius 2 is 1.63 bits per heavy atom. The van der Waals surface area contributed by atoms with E-state index in [4.69, 9.17) is 4.74 Å². The molecule has 3 rings (SSSR count). The first-order chi connectivity index (χ1) is 14.3. The monoisotopic (exact) mass is 413 g/mol. The van der Waals surface area contributed by atoms with Gasteiger partial charge in [-0.2, -0.15) is 0 Å². The van der Waals surface area contributed by atoms with Gasteiger partial charge in [-0.15, -0.1) is 0 Å². The van der Waals surface area contributed by atoms with Crippen molar-refractivity contribution < 1.29 is 13.9 Å². The lowest BCUT2D eigenvalue weighted by molar-refractivity contribution is -0.139. The summed E-state index contributed by atoms with van der Waals surface area (Å²) in [6.45, 7) is 7.30. The summed E-state index contributed by atoms with van der Waals surface area (Å²) in [6.07, 6.45) is 0. The first kappa shape index (κ1) is 22.2. The molecule has 0 aliphatic carbocycles. The van der Waals surface area contributed by atoms with E-state index < -0.39 is 0 Å². The van der Waals surface area contributed by atoms with Crippen LogP contribution in [0.25, 0.3) is 0 Å². The summed E-state index contributed by atoms with van der Waals surface area (Å²) in [6, 6.07) is 14.8. The van der Waals surface area contributed by atoms with E-state index in [0.29, 0.717) is 12.3 Å². The third kappa shape index (κ3) is 6.03. The molecule has 0 unspecified atom stereocenters. The highest BCUT2D eigenvalue weighted by atomic mass is 19.1. The highest BCUT2D eigenvalue weighted by molar-refractivity contribution is 5.78. The van der Waals surface area contributed by atoms with Gasteiger partial charge in [0, 0.05) is 38.3 Å². The van der Waals surface area contributed by atoms with Gasteiger partial charge in [0.2, 0.25) is 0 Å². The Bertz CT molecular complexity index is 823. The molecule has 1 saturated heterocycles. The Morgan fingerprint density at radius 1 is 1.00 bits per heavy atom. The number of amides is 1. The van der Waals surface area contributed by atoms with Crippen molar-refractivity contribution in [1.82, 2.24) is 14.7 Å². The Balaban J connectivity index is 1.51. The predicted octanol–water partition coefficient (Wildman–Crippen LogP) is 3.39. The molecule has 162 valence electrons. The van der Waals surface area contributed by atoms with Gasteiger partial charge in [0.1, 0.15) is 11.6 Å². The minimum atomic E-state index is -0.220. The van der Waals surface area contributed by atoms with Crippen LogP contribution in [-0.4, -0.2) is 66.5 Å². The third-order valence-corrected chi connectivity index (χ3v) is 5.52.